The van der Waals surface area contributed by atoms with Gasteiger partial charge in [0.05, 0.1) is 6.61 Å². The van der Waals surface area contributed by atoms with E-state index in [1.165, 1.54) is 25.7 Å². The molecule has 1 unspecified atom stereocenters. The molecule has 1 amide bonds. The summed E-state index contributed by atoms with van der Waals surface area (Å²) in [4.78, 5) is 30.4. The quantitative estimate of drug-likeness (QED) is 0.214. The van der Waals surface area contributed by atoms with E-state index in [1.807, 2.05) is 34.6 Å². The first kappa shape index (κ1) is 26.4. The zero-order valence-corrected chi connectivity index (χ0v) is 20.4. The normalized spacial score (nSPS) is 19.8. The number of hydrogen-bond donors (Lipinski definition) is 1. The molecule has 0 spiro atoms. The fourth-order valence-corrected chi connectivity index (χ4v) is 3.65. The lowest BCUT2D eigenvalue weighted by atomic mass is 9.89. The van der Waals surface area contributed by atoms with Crippen LogP contribution in [0.5, 0.6) is 0 Å². The number of carbonyl (C=O) groups excluding carboxylic acids is 2. The Morgan fingerprint density at radius 2 is 1.60 bits per heavy atom. The third kappa shape index (κ3) is 7.24. The molecule has 0 aliphatic carbocycles. The highest BCUT2D eigenvalue weighted by Gasteiger charge is 2.43. The van der Waals surface area contributed by atoms with E-state index in [1.54, 1.807) is 0 Å². The number of aliphatic imine (C=N–C) groups is 1. The maximum Gasteiger partial charge on any atom is 0.334 e. The molecule has 0 saturated carbocycles. The van der Waals surface area contributed by atoms with Gasteiger partial charge in [0.25, 0.3) is 5.91 Å². The van der Waals surface area contributed by atoms with Crippen molar-refractivity contribution in [3.05, 3.63) is 11.1 Å². The van der Waals surface area contributed by atoms with Crippen LogP contribution in [0.1, 0.15) is 106 Å². The molecule has 30 heavy (non-hydrogen) atoms. The number of nitrogens with zero attached hydrogens (tertiary/aromatic N) is 1. The Balaban J connectivity index is 3.02. The first-order valence-corrected chi connectivity index (χ1v) is 12.0. The molecule has 0 aromatic carbocycles. The predicted molar refractivity (Wildman–Crippen MR) is 125 cm³/mol. The summed E-state index contributed by atoms with van der Waals surface area (Å²) >= 11 is 0. The minimum atomic E-state index is -0.794. The van der Waals surface area contributed by atoms with Gasteiger partial charge in [-0.25, -0.2) is 4.79 Å². The van der Waals surface area contributed by atoms with E-state index >= 15 is 0 Å². The molecule has 1 aliphatic heterocycles. The van der Waals surface area contributed by atoms with E-state index in [4.69, 9.17) is 9.73 Å². The zero-order chi connectivity index (χ0) is 22.7. The van der Waals surface area contributed by atoms with Crippen LogP contribution >= 0.6 is 0 Å². The number of amides is 1. The minimum absolute atomic E-state index is 0.000538. The molecule has 1 atom stereocenters. The van der Waals surface area contributed by atoms with Crippen LogP contribution in [0.2, 0.25) is 0 Å². The summed E-state index contributed by atoms with van der Waals surface area (Å²) in [5, 5.41) is 2.97. The van der Waals surface area contributed by atoms with Gasteiger partial charge in [0.1, 0.15) is 11.4 Å². The van der Waals surface area contributed by atoms with Crippen LogP contribution in [-0.4, -0.2) is 29.9 Å². The Kier molecular flexibility index (Phi) is 11.4. The number of unbranched alkanes of at least 4 members (excludes halogenated alkanes) is 6. The van der Waals surface area contributed by atoms with Crippen molar-refractivity contribution in [2.24, 2.45) is 16.8 Å². The molecular formula is C25H44N2O3. The van der Waals surface area contributed by atoms with Crippen molar-refractivity contribution in [1.29, 1.82) is 0 Å². The van der Waals surface area contributed by atoms with E-state index in [9.17, 15) is 9.59 Å². The van der Waals surface area contributed by atoms with Gasteiger partial charge in [-0.2, -0.15) is 0 Å². The van der Waals surface area contributed by atoms with Crippen molar-refractivity contribution in [2.45, 2.75) is 112 Å². The van der Waals surface area contributed by atoms with E-state index in [0.29, 0.717) is 24.4 Å². The first-order chi connectivity index (χ1) is 14.2. The SMILES string of the molecule is CCCCCCCCOC(=O)/C(=C(/CCCC)C1=NC(C)(C(C)C)C(=O)N1)C(C)C. The first-order valence-electron chi connectivity index (χ1n) is 12.0. The fourth-order valence-electron chi connectivity index (χ4n) is 3.65. The molecule has 0 aromatic heterocycles. The van der Waals surface area contributed by atoms with Crippen LogP contribution in [-0.2, 0) is 14.3 Å². The minimum Gasteiger partial charge on any atom is -0.462 e. The predicted octanol–water partition coefficient (Wildman–Crippen LogP) is 5.98. The van der Waals surface area contributed by atoms with Crippen LogP contribution in [0.3, 0.4) is 0 Å². The Morgan fingerprint density at radius 1 is 1.00 bits per heavy atom. The van der Waals surface area contributed by atoms with Gasteiger partial charge in [0.2, 0.25) is 0 Å². The molecule has 5 heteroatoms. The van der Waals surface area contributed by atoms with Crippen LogP contribution in [0.25, 0.3) is 0 Å². The second-order valence-corrected chi connectivity index (χ2v) is 9.27. The van der Waals surface area contributed by atoms with E-state index in [-0.39, 0.29) is 23.7 Å². The molecule has 0 bridgehead atoms. The number of nitrogens with one attached hydrogen (secondary N) is 1. The summed E-state index contributed by atoms with van der Waals surface area (Å²) in [5.74, 6) is 0.277. The monoisotopic (exact) mass is 420 g/mol. The molecule has 172 valence electrons. The van der Waals surface area contributed by atoms with Crippen molar-refractivity contribution >= 4 is 17.7 Å². The van der Waals surface area contributed by atoms with Gasteiger partial charge in [0.15, 0.2) is 0 Å². The number of carbonyl (C=O) groups is 2. The maximum atomic E-state index is 13.0. The Hall–Kier alpha value is -1.65. The summed E-state index contributed by atoms with van der Waals surface area (Å²) in [6.07, 6.45) is 9.57. The number of hydrogen-bond acceptors (Lipinski definition) is 4. The highest BCUT2D eigenvalue weighted by atomic mass is 16.5. The Morgan fingerprint density at radius 3 is 2.13 bits per heavy atom. The standard InChI is InChI=1S/C25H44N2O3/c1-8-10-12-13-14-15-17-30-23(28)21(18(3)4)20(16-11-9-2)22-26-24(29)25(7,27-22)19(5)6/h18-19H,8-17H2,1-7H3,(H,26,27,29)/b21-20-. The van der Waals surface area contributed by atoms with E-state index in [0.717, 1.165) is 31.3 Å². The summed E-state index contributed by atoms with van der Waals surface area (Å²) in [6.45, 7) is 14.7. The molecule has 1 aliphatic rings. The molecule has 0 fully saturated rings. The van der Waals surface area contributed by atoms with Crippen LogP contribution in [0, 0.1) is 11.8 Å². The second-order valence-electron chi connectivity index (χ2n) is 9.27. The van der Waals surface area contributed by atoms with Crippen LogP contribution < -0.4 is 5.32 Å². The third-order valence-corrected chi connectivity index (χ3v) is 6.08. The zero-order valence-electron chi connectivity index (χ0n) is 20.4. The molecule has 0 radical (unpaired) electrons. The average molecular weight is 421 g/mol. The van der Waals surface area contributed by atoms with Crippen molar-refractivity contribution in [2.75, 3.05) is 6.61 Å². The van der Waals surface area contributed by atoms with Gasteiger partial charge in [-0.15, -0.1) is 0 Å². The van der Waals surface area contributed by atoms with Gasteiger partial charge in [0, 0.05) is 11.1 Å². The molecule has 1 rings (SSSR count). The van der Waals surface area contributed by atoms with Crippen molar-refractivity contribution in [1.82, 2.24) is 5.32 Å². The second kappa shape index (κ2) is 12.9. The van der Waals surface area contributed by atoms with E-state index in [2.05, 4.69) is 19.2 Å². The summed E-state index contributed by atoms with van der Waals surface area (Å²) in [6, 6.07) is 0. The third-order valence-electron chi connectivity index (χ3n) is 6.08. The Labute approximate surface area is 184 Å². The molecule has 1 N–H and O–H groups in total. The maximum absolute atomic E-state index is 13.0. The largest absolute Gasteiger partial charge is 0.462 e. The Bertz CT molecular complexity index is 634. The molecular weight excluding hydrogens is 376 g/mol. The van der Waals surface area contributed by atoms with Gasteiger partial charge in [-0.05, 0) is 38.0 Å². The smallest absolute Gasteiger partial charge is 0.334 e. The lowest BCUT2D eigenvalue weighted by Gasteiger charge is -2.21. The molecule has 5 nitrogen and oxygen atoms in total. The molecule has 0 aromatic rings. The van der Waals surface area contributed by atoms with Gasteiger partial charge < -0.3 is 10.1 Å². The van der Waals surface area contributed by atoms with Gasteiger partial charge >= 0.3 is 5.97 Å². The lowest BCUT2D eigenvalue weighted by Crippen LogP contribution is -2.41. The molecule has 0 saturated heterocycles. The highest BCUT2D eigenvalue weighted by molar-refractivity contribution is 6.17. The van der Waals surface area contributed by atoms with E-state index < -0.39 is 5.54 Å². The average Bonchev–Trinajstić information content (AvgIpc) is 2.99. The fraction of sp³-hybridized carbons (Fsp3) is 0.800. The summed E-state index contributed by atoms with van der Waals surface area (Å²) in [5.41, 5.74) is 0.705. The van der Waals surface area contributed by atoms with Crippen molar-refractivity contribution in [3.8, 4) is 0 Å². The number of rotatable bonds is 14. The molecule has 1 heterocycles. The van der Waals surface area contributed by atoms with Crippen LogP contribution in [0.4, 0.5) is 0 Å². The lowest BCUT2D eigenvalue weighted by molar-refractivity contribution is -0.139. The topological polar surface area (TPSA) is 67.8 Å². The van der Waals surface area contributed by atoms with Gasteiger partial charge in [-0.3, -0.25) is 9.79 Å². The van der Waals surface area contributed by atoms with Gasteiger partial charge in [-0.1, -0.05) is 80.1 Å². The summed E-state index contributed by atoms with van der Waals surface area (Å²) < 4.78 is 5.65. The highest BCUT2D eigenvalue weighted by Crippen LogP contribution is 2.30. The number of esters is 1. The summed E-state index contributed by atoms with van der Waals surface area (Å²) in [7, 11) is 0. The van der Waals surface area contributed by atoms with Crippen LogP contribution in [0.15, 0.2) is 16.1 Å². The van der Waals surface area contributed by atoms with Crippen molar-refractivity contribution < 1.29 is 14.3 Å². The van der Waals surface area contributed by atoms with Crippen molar-refractivity contribution in [3.63, 3.8) is 0 Å². The number of ether oxygens (including phenoxy) is 1. The number of amidine groups is 1.